The maximum Gasteiger partial charge on any atom is 0.155 e. The summed E-state index contributed by atoms with van der Waals surface area (Å²) in [6, 6.07) is 5.09. The molecule has 0 bridgehead atoms. The molecule has 0 aliphatic carbocycles. The second-order valence-corrected chi connectivity index (χ2v) is 4.55. The lowest BCUT2D eigenvalue weighted by Gasteiger charge is -2.15. The molecule has 0 amide bonds. The summed E-state index contributed by atoms with van der Waals surface area (Å²) in [7, 11) is 0. The molecule has 0 saturated heterocycles. The van der Waals surface area contributed by atoms with Gasteiger partial charge in [-0.25, -0.2) is 19.0 Å². The molecule has 0 fully saturated rings. The van der Waals surface area contributed by atoms with Gasteiger partial charge in [-0.15, -0.1) is 0 Å². The Bertz CT molecular complexity index is 711. The third kappa shape index (κ3) is 3.02. The standard InChI is InChI=1S/C14H13FN6/c1-10(11-4-12(15)6-16-5-11)20-13-2-3-14(18-7-13)21-9-17-8-19-21/h2-10,20H,1H3. The van der Waals surface area contributed by atoms with E-state index >= 15 is 0 Å². The van der Waals surface area contributed by atoms with Crippen LogP contribution in [0.2, 0.25) is 0 Å². The number of rotatable bonds is 4. The lowest BCUT2D eigenvalue weighted by atomic mass is 10.1. The molecule has 1 N–H and O–H groups in total. The highest BCUT2D eigenvalue weighted by Gasteiger charge is 2.07. The van der Waals surface area contributed by atoms with E-state index in [0.29, 0.717) is 5.82 Å². The topological polar surface area (TPSA) is 68.5 Å². The first-order valence-corrected chi connectivity index (χ1v) is 6.40. The highest BCUT2D eigenvalue weighted by atomic mass is 19.1. The third-order valence-corrected chi connectivity index (χ3v) is 3.01. The largest absolute Gasteiger partial charge is 0.377 e. The van der Waals surface area contributed by atoms with E-state index in [1.807, 2.05) is 19.1 Å². The summed E-state index contributed by atoms with van der Waals surface area (Å²) in [6.45, 7) is 1.93. The average molecular weight is 284 g/mol. The zero-order valence-electron chi connectivity index (χ0n) is 11.3. The number of anilines is 1. The van der Waals surface area contributed by atoms with Gasteiger partial charge in [-0.3, -0.25) is 4.98 Å². The van der Waals surface area contributed by atoms with Gasteiger partial charge in [0.15, 0.2) is 5.82 Å². The van der Waals surface area contributed by atoms with Crippen LogP contribution < -0.4 is 5.32 Å². The minimum atomic E-state index is -0.346. The lowest BCUT2D eigenvalue weighted by Crippen LogP contribution is -2.08. The first-order valence-electron chi connectivity index (χ1n) is 6.40. The Morgan fingerprint density at radius 1 is 1.19 bits per heavy atom. The first-order chi connectivity index (χ1) is 10.2. The van der Waals surface area contributed by atoms with Crippen molar-refractivity contribution in [3.05, 3.63) is 60.8 Å². The van der Waals surface area contributed by atoms with E-state index < -0.39 is 0 Å². The first kappa shape index (κ1) is 13.2. The Morgan fingerprint density at radius 3 is 2.76 bits per heavy atom. The average Bonchev–Trinajstić information content (AvgIpc) is 3.02. The maximum atomic E-state index is 13.2. The Morgan fingerprint density at radius 2 is 2.10 bits per heavy atom. The van der Waals surface area contributed by atoms with Gasteiger partial charge in [-0.1, -0.05) is 0 Å². The molecular formula is C14H13FN6. The molecule has 106 valence electrons. The van der Waals surface area contributed by atoms with Gasteiger partial charge in [0.25, 0.3) is 0 Å². The summed E-state index contributed by atoms with van der Waals surface area (Å²) in [5.74, 6) is 0.332. The van der Waals surface area contributed by atoms with Crippen molar-refractivity contribution in [3.63, 3.8) is 0 Å². The van der Waals surface area contributed by atoms with Crippen LogP contribution in [0.3, 0.4) is 0 Å². The van der Waals surface area contributed by atoms with Crippen LogP contribution in [-0.2, 0) is 0 Å². The molecule has 1 atom stereocenters. The van der Waals surface area contributed by atoms with E-state index in [2.05, 4.69) is 25.4 Å². The number of hydrogen-bond acceptors (Lipinski definition) is 5. The van der Waals surface area contributed by atoms with Crippen LogP contribution in [0.5, 0.6) is 0 Å². The fourth-order valence-corrected chi connectivity index (χ4v) is 1.93. The maximum absolute atomic E-state index is 13.2. The molecule has 0 aromatic carbocycles. The minimum absolute atomic E-state index is 0.0766. The quantitative estimate of drug-likeness (QED) is 0.796. The summed E-state index contributed by atoms with van der Waals surface area (Å²) >= 11 is 0. The zero-order valence-corrected chi connectivity index (χ0v) is 11.3. The van der Waals surface area contributed by atoms with Crippen molar-refractivity contribution in [3.8, 4) is 5.82 Å². The second kappa shape index (κ2) is 5.66. The van der Waals surface area contributed by atoms with Gasteiger partial charge in [0.2, 0.25) is 0 Å². The van der Waals surface area contributed by atoms with Crippen LogP contribution in [0.1, 0.15) is 18.5 Å². The van der Waals surface area contributed by atoms with Crippen LogP contribution in [-0.4, -0.2) is 24.7 Å². The molecule has 3 aromatic heterocycles. The van der Waals surface area contributed by atoms with Crippen molar-refractivity contribution in [2.75, 3.05) is 5.32 Å². The second-order valence-electron chi connectivity index (χ2n) is 4.55. The van der Waals surface area contributed by atoms with Crippen molar-refractivity contribution in [1.82, 2.24) is 24.7 Å². The van der Waals surface area contributed by atoms with Gasteiger partial charge in [-0.2, -0.15) is 5.10 Å². The molecule has 3 rings (SSSR count). The molecule has 1 unspecified atom stereocenters. The summed E-state index contributed by atoms with van der Waals surface area (Å²) in [5.41, 5.74) is 1.60. The van der Waals surface area contributed by atoms with Gasteiger partial charge in [0, 0.05) is 6.20 Å². The molecular weight excluding hydrogens is 271 g/mol. The van der Waals surface area contributed by atoms with Crippen molar-refractivity contribution in [1.29, 1.82) is 0 Å². The number of halogens is 1. The van der Waals surface area contributed by atoms with E-state index in [4.69, 9.17) is 0 Å². The molecule has 7 heteroatoms. The number of nitrogens with zero attached hydrogens (tertiary/aromatic N) is 5. The monoisotopic (exact) mass is 284 g/mol. The fourth-order valence-electron chi connectivity index (χ4n) is 1.93. The minimum Gasteiger partial charge on any atom is -0.377 e. The molecule has 0 aliphatic heterocycles. The number of hydrogen-bond donors (Lipinski definition) is 1. The van der Waals surface area contributed by atoms with Gasteiger partial charge in [0.05, 0.1) is 24.1 Å². The summed E-state index contributed by atoms with van der Waals surface area (Å²) in [6.07, 6.45) is 7.55. The van der Waals surface area contributed by atoms with Crippen LogP contribution in [0, 0.1) is 5.82 Å². The van der Waals surface area contributed by atoms with E-state index in [9.17, 15) is 4.39 Å². The lowest BCUT2D eigenvalue weighted by molar-refractivity contribution is 0.616. The molecule has 3 heterocycles. The van der Waals surface area contributed by atoms with Gasteiger partial charge in [-0.05, 0) is 30.7 Å². The van der Waals surface area contributed by atoms with Crippen molar-refractivity contribution in [2.45, 2.75) is 13.0 Å². The van der Waals surface area contributed by atoms with Gasteiger partial charge < -0.3 is 5.32 Å². The van der Waals surface area contributed by atoms with Crippen LogP contribution in [0.15, 0.2) is 49.4 Å². The van der Waals surface area contributed by atoms with E-state index in [-0.39, 0.29) is 11.9 Å². The Balaban J connectivity index is 1.73. The Kier molecular flexibility index (Phi) is 3.55. The number of aromatic nitrogens is 5. The van der Waals surface area contributed by atoms with Crippen molar-refractivity contribution < 1.29 is 4.39 Å². The Hall–Kier alpha value is -2.83. The predicted molar refractivity (Wildman–Crippen MR) is 75.4 cm³/mol. The molecule has 21 heavy (non-hydrogen) atoms. The molecule has 3 aromatic rings. The number of nitrogens with one attached hydrogen (secondary N) is 1. The van der Waals surface area contributed by atoms with Gasteiger partial charge in [0.1, 0.15) is 18.5 Å². The summed E-state index contributed by atoms with van der Waals surface area (Å²) in [5, 5.41) is 7.25. The van der Waals surface area contributed by atoms with Crippen LogP contribution in [0.25, 0.3) is 5.82 Å². The molecule has 0 radical (unpaired) electrons. The third-order valence-electron chi connectivity index (χ3n) is 3.01. The molecule has 0 saturated carbocycles. The summed E-state index contributed by atoms with van der Waals surface area (Å²) < 4.78 is 14.7. The van der Waals surface area contributed by atoms with Gasteiger partial charge >= 0.3 is 0 Å². The zero-order chi connectivity index (χ0) is 14.7. The van der Waals surface area contributed by atoms with Crippen LogP contribution >= 0.6 is 0 Å². The SMILES string of the molecule is CC(Nc1ccc(-n2cncn2)nc1)c1cncc(F)c1. The molecule has 0 aliphatic rings. The fraction of sp³-hybridized carbons (Fsp3) is 0.143. The van der Waals surface area contributed by atoms with Crippen molar-refractivity contribution >= 4 is 5.69 Å². The van der Waals surface area contributed by atoms with E-state index in [1.54, 1.807) is 23.4 Å². The summed E-state index contributed by atoms with van der Waals surface area (Å²) in [4.78, 5) is 12.0. The van der Waals surface area contributed by atoms with Crippen LogP contribution in [0.4, 0.5) is 10.1 Å². The predicted octanol–water partition coefficient (Wildman–Crippen LogP) is 2.37. The number of pyridine rings is 2. The smallest absolute Gasteiger partial charge is 0.155 e. The van der Waals surface area contributed by atoms with E-state index in [1.165, 1.54) is 18.6 Å². The van der Waals surface area contributed by atoms with E-state index in [0.717, 1.165) is 11.3 Å². The van der Waals surface area contributed by atoms with Crippen molar-refractivity contribution in [2.24, 2.45) is 0 Å². The Labute approximate surface area is 120 Å². The normalized spacial score (nSPS) is 12.1. The molecule has 6 nitrogen and oxygen atoms in total. The highest BCUT2D eigenvalue weighted by molar-refractivity contribution is 5.45. The molecule has 0 spiro atoms. The highest BCUT2D eigenvalue weighted by Crippen LogP contribution is 2.19.